The number of halogens is 6. The molecule has 3 rings (SSSR count). The number of carbonyl (C=O) groups is 3. The number of nitrogens with zero attached hydrogens (tertiary/aromatic N) is 4. The lowest BCUT2D eigenvalue weighted by Gasteiger charge is -2.34. The Morgan fingerprint density at radius 2 is 1.62 bits per heavy atom. The molecular formula is C26H30Cl2F4N4O4. The van der Waals surface area contributed by atoms with Gasteiger partial charge in [0.25, 0.3) is 5.91 Å². The summed E-state index contributed by atoms with van der Waals surface area (Å²) in [7, 11) is 0. The van der Waals surface area contributed by atoms with Gasteiger partial charge in [0, 0.05) is 12.4 Å². The molecule has 0 aliphatic heterocycles. The van der Waals surface area contributed by atoms with Gasteiger partial charge in [-0.2, -0.15) is 18.3 Å². The third-order valence-electron chi connectivity index (χ3n) is 7.71. The third-order valence-corrected chi connectivity index (χ3v) is 8.28. The maximum absolute atomic E-state index is 15.5. The van der Waals surface area contributed by atoms with Crippen molar-refractivity contribution in [2.24, 2.45) is 5.41 Å². The van der Waals surface area contributed by atoms with Crippen LogP contribution in [0.4, 0.5) is 17.6 Å². The highest BCUT2D eigenvalue weighted by molar-refractivity contribution is 6.39. The molecule has 0 saturated heterocycles. The van der Waals surface area contributed by atoms with Gasteiger partial charge in [0.15, 0.2) is 11.5 Å². The van der Waals surface area contributed by atoms with Crippen molar-refractivity contribution in [3.63, 3.8) is 0 Å². The van der Waals surface area contributed by atoms with Crippen molar-refractivity contribution in [3.8, 4) is 0 Å². The van der Waals surface area contributed by atoms with Gasteiger partial charge in [-0.05, 0) is 45.4 Å². The molecule has 0 unspecified atom stereocenters. The van der Waals surface area contributed by atoms with E-state index < -0.39 is 65.3 Å². The Hall–Kier alpha value is -2.73. The second-order valence-electron chi connectivity index (χ2n) is 10.4. The zero-order valence-electron chi connectivity index (χ0n) is 22.2. The van der Waals surface area contributed by atoms with Crippen LogP contribution in [0.1, 0.15) is 91.7 Å². The van der Waals surface area contributed by atoms with Crippen LogP contribution in [-0.2, 0) is 11.0 Å². The third kappa shape index (κ3) is 6.59. The van der Waals surface area contributed by atoms with Crippen LogP contribution in [0.3, 0.4) is 0 Å². The number of carboxylic acids is 1. The van der Waals surface area contributed by atoms with E-state index in [0.717, 1.165) is 23.5 Å². The summed E-state index contributed by atoms with van der Waals surface area (Å²) in [5, 5.41) is 13.1. The van der Waals surface area contributed by atoms with Crippen molar-refractivity contribution >= 4 is 40.9 Å². The molecule has 8 nitrogen and oxygen atoms in total. The smallest absolute Gasteiger partial charge is 0.433 e. The van der Waals surface area contributed by atoms with Crippen molar-refractivity contribution in [2.75, 3.05) is 13.1 Å². The Labute approximate surface area is 238 Å². The quantitative estimate of drug-likeness (QED) is 0.239. The van der Waals surface area contributed by atoms with Crippen LogP contribution in [0, 0.1) is 5.41 Å². The second kappa shape index (κ2) is 12.0. The summed E-state index contributed by atoms with van der Waals surface area (Å²) in [6.07, 6.45) is -1.64. The molecule has 2 aromatic heterocycles. The molecule has 0 atom stereocenters. The predicted molar refractivity (Wildman–Crippen MR) is 139 cm³/mol. The maximum atomic E-state index is 15.5. The van der Waals surface area contributed by atoms with E-state index in [1.807, 2.05) is 0 Å². The largest absolute Gasteiger partial charge is 0.481 e. The van der Waals surface area contributed by atoms with E-state index >= 15 is 4.39 Å². The van der Waals surface area contributed by atoms with Crippen LogP contribution in [0.5, 0.6) is 0 Å². The van der Waals surface area contributed by atoms with Crippen LogP contribution in [0.15, 0.2) is 18.6 Å². The summed E-state index contributed by atoms with van der Waals surface area (Å²) in [4.78, 5) is 42.8. The first-order valence-electron chi connectivity index (χ1n) is 12.8. The molecule has 2 aromatic rings. The molecule has 0 aromatic carbocycles. The van der Waals surface area contributed by atoms with Crippen LogP contribution < -0.4 is 0 Å². The van der Waals surface area contributed by atoms with Crippen molar-refractivity contribution in [3.05, 3.63) is 45.5 Å². The fraction of sp³-hybridized carbons (Fsp3) is 0.577. The molecule has 1 saturated carbocycles. The van der Waals surface area contributed by atoms with Gasteiger partial charge >= 0.3 is 12.1 Å². The number of pyridine rings is 1. The highest BCUT2D eigenvalue weighted by Gasteiger charge is 2.45. The summed E-state index contributed by atoms with van der Waals surface area (Å²) >= 11 is 12.1. The Morgan fingerprint density at radius 1 is 1.07 bits per heavy atom. The van der Waals surface area contributed by atoms with Gasteiger partial charge in [-0.1, -0.05) is 37.0 Å². The SMILES string of the molecule is CCC(F)(CC)CN(CC(=O)c1c(Cl)cncc1Cl)C(=O)c1cnn(C2CCC(C)(C(=O)O)CC2)c1C(F)(F)F. The van der Waals surface area contributed by atoms with Crippen molar-refractivity contribution < 1.29 is 37.1 Å². The second-order valence-corrected chi connectivity index (χ2v) is 11.2. The van der Waals surface area contributed by atoms with E-state index in [1.165, 1.54) is 20.8 Å². The summed E-state index contributed by atoms with van der Waals surface area (Å²) < 4.78 is 59.4. The Kier molecular flexibility index (Phi) is 9.55. The molecule has 220 valence electrons. The lowest BCUT2D eigenvalue weighted by molar-refractivity contribution is -0.152. The molecule has 2 heterocycles. The van der Waals surface area contributed by atoms with Crippen molar-refractivity contribution in [1.82, 2.24) is 19.7 Å². The molecule has 1 amide bonds. The van der Waals surface area contributed by atoms with Crippen LogP contribution in [-0.4, -0.2) is 61.2 Å². The number of rotatable bonds is 10. The van der Waals surface area contributed by atoms with Crippen molar-refractivity contribution in [1.29, 1.82) is 0 Å². The number of Topliss-reactive ketones (excluding diaryl/α,β-unsaturated/α-hetero) is 1. The minimum Gasteiger partial charge on any atom is -0.481 e. The Bertz CT molecular complexity index is 1250. The van der Waals surface area contributed by atoms with Gasteiger partial charge in [-0.15, -0.1) is 0 Å². The lowest BCUT2D eigenvalue weighted by atomic mass is 9.74. The topological polar surface area (TPSA) is 105 Å². The molecule has 0 bridgehead atoms. The zero-order chi connectivity index (χ0) is 30.0. The molecule has 40 heavy (non-hydrogen) atoms. The van der Waals surface area contributed by atoms with Gasteiger partial charge in [0.05, 0.1) is 51.9 Å². The average molecular weight is 609 g/mol. The van der Waals surface area contributed by atoms with E-state index in [0.29, 0.717) is 4.68 Å². The first-order valence-corrected chi connectivity index (χ1v) is 13.5. The van der Waals surface area contributed by atoms with E-state index in [9.17, 15) is 32.7 Å². The molecule has 0 spiro atoms. The van der Waals surface area contributed by atoms with E-state index in [-0.39, 0.29) is 54.1 Å². The first-order chi connectivity index (χ1) is 18.6. The van der Waals surface area contributed by atoms with Crippen molar-refractivity contribution in [2.45, 2.75) is 77.2 Å². The summed E-state index contributed by atoms with van der Waals surface area (Å²) in [6.45, 7) is 3.13. The van der Waals surface area contributed by atoms with Gasteiger partial charge in [-0.25, -0.2) is 4.39 Å². The highest BCUT2D eigenvalue weighted by atomic mass is 35.5. The highest BCUT2D eigenvalue weighted by Crippen LogP contribution is 2.43. The minimum absolute atomic E-state index is 0.0615. The molecule has 1 fully saturated rings. The van der Waals surface area contributed by atoms with E-state index in [1.54, 1.807) is 0 Å². The zero-order valence-corrected chi connectivity index (χ0v) is 23.7. The molecular weight excluding hydrogens is 579 g/mol. The number of carboxylic acid groups (broad SMARTS) is 1. The molecule has 1 N–H and O–H groups in total. The molecule has 1 aliphatic carbocycles. The van der Waals surface area contributed by atoms with Crippen LogP contribution in [0.25, 0.3) is 0 Å². The lowest BCUT2D eigenvalue weighted by Crippen LogP contribution is -2.45. The maximum Gasteiger partial charge on any atom is 0.433 e. The molecule has 0 radical (unpaired) electrons. The van der Waals surface area contributed by atoms with Gasteiger partial charge in [0.1, 0.15) is 5.67 Å². The number of aromatic nitrogens is 3. The number of amides is 1. The molecule has 1 aliphatic rings. The Morgan fingerprint density at radius 3 is 2.10 bits per heavy atom. The number of alkyl halides is 4. The normalized spacial score (nSPS) is 19.9. The summed E-state index contributed by atoms with van der Waals surface area (Å²) in [6, 6.07) is -0.804. The number of aliphatic carboxylic acids is 1. The average Bonchev–Trinajstić information content (AvgIpc) is 3.34. The Balaban J connectivity index is 2.02. The first kappa shape index (κ1) is 31.8. The van der Waals surface area contributed by atoms with Gasteiger partial charge in [-0.3, -0.25) is 24.0 Å². The number of ketones is 1. The summed E-state index contributed by atoms with van der Waals surface area (Å²) in [5.74, 6) is -3.07. The van der Waals surface area contributed by atoms with Gasteiger partial charge < -0.3 is 10.0 Å². The monoisotopic (exact) mass is 608 g/mol. The van der Waals surface area contributed by atoms with Gasteiger partial charge in [0.2, 0.25) is 0 Å². The standard InChI is InChI=1S/C26H30Cl2F4N4O4/c1-4-25(29,5-2)14-35(13-19(37)20-17(27)11-33-12-18(20)28)22(38)16-10-34-36(21(16)26(30,31)32)15-6-8-24(3,9-7-15)23(39)40/h10-12,15H,4-9,13-14H2,1-3H3,(H,39,40). The van der Waals surface area contributed by atoms with Crippen LogP contribution >= 0.6 is 23.2 Å². The number of carbonyl (C=O) groups excluding carboxylic acids is 2. The van der Waals surface area contributed by atoms with E-state index in [2.05, 4.69) is 10.1 Å². The van der Waals surface area contributed by atoms with E-state index in [4.69, 9.17) is 23.2 Å². The minimum atomic E-state index is -5.02. The summed E-state index contributed by atoms with van der Waals surface area (Å²) in [5.41, 5.74) is -5.42. The number of hydrogen-bond acceptors (Lipinski definition) is 5. The predicted octanol–water partition coefficient (Wildman–Crippen LogP) is 6.66. The number of hydrogen-bond donors (Lipinski definition) is 1. The molecule has 14 heteroatoms. The van der Waals surface area contributed by atoms with Crippen LogP contribution in [0.2, 0.25) is 10.0 Å². The fourth-order valence-corrected chi connectivity index (χ4v) is 5.47. The fourth-order valence-electron chi connectivity index (χ4n) is 4.89.